The van der Waals surface area contributed by atoms with Gasteiger partial charge in [0.15, 0.2) is 5.13 Å². The molecule has 29 heavy (non-hydrogen) atoms. The number of hydrogen-bond donors (Lipinski definition) is 1. The van der Waals surface area contributed by atoms with E-state index in [-0.39, 0.29) is 5.91 Å². The maximum atomic E-state index is 12.5. The van der Waals surface area contributed by atoms with Gasteiger partial charge in [-0.2, -0.15) is 0 Å². The highest BCUT2D eigenvalue weighted by atomic mass is 32.1. The van der Waals surface area contributed by atoms with Crippen LogP contribution in [0.15, 0.2) is 78.9 Å². The second-order valence-corrected chi connectivity index (χ2v) is 7.76. The van der Waals surface area contributed by atoms with Crippen molar-refractivity contribution in [1.82, 2.24) is 4.98 Å². The molecule has 1 aromatic heterocycles. The van der Waals surface area contributed by atoms with Gasteiger partial charge in [0.05, 0.1) is 12.8 Å². The number of thiazole rings is 1. The summed E-state index contributed by atoms with van der Waals surface area (Å²) in [5.74, 6) is 0.441. The predicted molar refractivity (Wildman–Crippen MR) is 119 cm³/mol. The van der Waals surface area contributed by atoms with Crippen LogP contribution in [0.25, 0.3) is 22.4 Å². The number of nitrogens with one attached hydrogen (secondary N) is 1. The molecule has 4 rings (SSSR count). The van der Waals surface area contributed by atoms with Gasteiger partial charge in [0.2, 0.25) is 0 Å². The molecule has 1 heterocycles. The van der Waals surface area contributed by atoms with E-state index in [0.717, 1.165) is 21.7 Å². The molecule has 1 amide bonds. The first-order valence-electron chi connectivity index (χ1n) is 9.23. The van der Waals surface area contributed by atoms with E-state index in [2.05, 4.69) is 46.7 Å². The lowest BCUT2D eigenvalue weighted by molar-refractivity contribution is 0.102. The van der Waals surface area contributed by atoms with Crippen LogP contribution in [-0.2, 0) is 0 Å². The van der Waals surface area contributed by atoms with Gasteiger partial charge in [-0.05, 0) is 36.2 Å². The number of methoxy groups -OCH3 is 1. The Labute approximate surface area is 173 Å². The number of aromatic nitrogens is 1. The van der Waals surface area contributed by atoms with Crippen molar-refractivity contribution in [1.29, 1.82) is 0 Å². The van der Waals surface area contributed by atoms with Crippen LogP contribution in [0.5, 0.6) is 5.75 Å². The number of benzene rings is 3. The Morgan fingerprint density at radius 2 is 1.59 bits per heavy atom. The van der Waals surface area contributed by atoms with Crippen LogP contribution in [0.2, 0.25) is 0 Å². The van der Waals surface area contributed by atoms with Gasteiger partial charge < -0.3 is 4.74 Å². The maximum absolute atomic E-state index is 12.5. The molecule has 4 nitrogen and oxygen atoms in total. The smallest absolute Gasteiger partial charge is 0.257 e. The average Bonchev–Trinajstić information content (AvgIpc) is 3.14. The predicted octanol–water partition coefficient (Wildman–Crippen LogP) is 6.05. The molecule has 144 valence electrons. The zero-order chi connectivity index (χ0) is 20.2. The molecule has 0 radical (unpaired) electrons. The largest absolute Gasteiger partial charge is 0.497 e. The van der Waals surface area contributed by atoms with Gasteiger partial charge in [-0.1, -0.05) is 60.7 Å². The first-order chi connectivity index (χ1) is 14.1. The molecule has 0 aliphatic carbocycles. The van der Waals surface area contributed by atoms with E-state index < -0.39 is 0 Å². The molecule has 0 bridgehead atoms. The van der Waals surface area contributed by atoms with E-state index in [4.69, 9.17) is 4.74 Å². The first kappa shape index (κ1) is 18.9. The van der Waals surface area contributed by atoms with E-state index in [9.17, 15) is 4.79 Å². The normalized spacial score (nSPS) is 10.6. The zero-order valence-electron chi connectivity index (χ0n) is 16.2. The molecule has 0 unspecified atom stereocenters. The Morgan fingerprint density at radius 3 is 2.31 bits per heavy atom. The van der Waals surface area contributed by atoms with Crippen molar-refractivity contribution >= 4 is 22.4 Å². The number of rotatable bonds is 5. The molecule has 0 atom stereocenters. The molecule has 0 saturated carbocycles. The molecule has 0 spiro atoms. The van der Waals surface area contributed by atoms with Gasteiger partial charge in [-0.3, -0.25) is 10.1 Å². The Kier molecular flexibility index (Phi) is 5.40. The Balaban J connectivity index is 1.54. The standard InChI is InChI=1S/C24H20N2O2S/c1-16-22(19-13-11-18(12-14-19)17-7-4-3-5-8-17)25-24(29-16)26-23(27)20-9-6-10-21(15-20)28-2/h3-15H,1-2H3,(H,25,26,27). The molecule has 1 N–H and O–H groups in total. The Hall–Kier alpha value is -3.44. The van der Waals surface area contributed by atoms with E-state index in [1.165, 1.54) is 16.9 Å². The van der Waals surface area contributed by atoms with Gasteiger partial charge >= 0.3 is 0 Å². The fourth-order valence-corrected chi connectivity index (χ4v) is 3.93. The molecule has 3 aromatic carbocycles. The number of carbonyl (C=O) groups is 1. The van der Waals surface area contributed by atoms with Gasteiger partial charge in [-0.15, -0.1) is 11.3 Å². The summed E-state index contributed by atoms with van der Waals surface area (Å²) in [5.41, 5.74) is 4.79. The molecule has 5 heteroatoms. The van der Waals surface area contributed by atoms with Crippen molar-refractivity contribution in [3.05, 3.63) is 89.3 Å². The van der Waals surface area contributed by atoms with Gasteiger partial charge in [0.25, 0.3) is 5.91 Å². The van der Waals surface area contributed by atoms with Crippen molar-refractivity contribution in [3.63, 3.8) is 0 Å². The zero-order valence-corrected chi connectivity index (χ0v) is 17.0. The van der Waals surface area contributed by atoms with E-state index in [1.54, 1.807) is 25.3 Å². The van der Waals surface area contributed by atoms with Gasteiger partial charge in [0.1, 0.15) is 5.75 Å². The van der Waals surface area contributed by atoms with Crippen LogP contribution < -0.4 is 10.1 Å². The second-order valence-electron chi connectivity index (χ2n) is 6.55. The highest BCUT2D eigenvalue weighted by Crippen LogP contribution is 2.32. The SMILES string of the molecule is COc1cccc(C(=O)Nc2nc(-c3ccc(-c4ccccc4)cc3)c(C)s2)c1. The minimum Gasteiger partial charge on any atom is -0.497 e. The lowest BCUT2D eigenvalue weighted by Crippen LogP contribution is -2.11. The van der Waals surface area contributed by atoms with Crippen LogP contribution in [0.4, 0.5) is 5.13 Å². The maximum Gasteiger partial charge on any atom is 0.257 e. The summed E-state index contributed by atoms with van der Waals surface area (Å²) < 4.78 is 5.18. The highest BCUT2D eigenvalue weighted by Gasteiger charge is 2.14. The van der Waals surface area contributed by atoms with Gasteiger partial charge in [0, 0.05) is 16.0 Å². The Morgan fingerprint density at radius 1 is 0.897 bits per heavy atom. The number of carbonyl (C=O) groups excluding carboxylic acids is 1. The number of nitrogens with zero attached hydrogens (tertiary/aromatic N) is 1. The van der Waals surface area contributed by atoms with Crippen molar-refractivity contribution in [2.45, 2.75) is 6.92 Å². The van der Waals surface area contributed by atoms with Crippen molar-refractivity contribution in [2.75, 3.05) is 12.4 Å². The van der Waals surface area contributed by atoms with E-state index in [0.29, 0.717) is 16.4 Å². The summed E-state index contributed by atoms with van der Waals surface area (Å²) in [7, 11) is 1.58. The number of amides is 1. The second kappa shape index (κ2) is 8.29. The van der Waals surface area contributed by atoms with E-state index in [1.807, 2.05) is 31.2 Å². The molecular formula is C24H20N2O2S. The minimum absolute atomic E-state index is 0.205. The number of ether oxygens (including phenoxy) is 1. The third-order valence-corrected chi connectivity index (χ3v) is 5.50. The fraction of sp³-hybridized carbons (Fsp3) is 0.0833. The van der Waals surface area contributed by atoms with Gasteiger partial charge in [-0.25, -0.2) is 4.98 Å². The summed E-state index contributed by atoms with van der Waals surface area (Å²) in [6.45, 7) is 2.01. The van der Waals surface area contributed by atoms with Crippen LogP contribution in [0.3, 0.4) is 0 Å². The van der Waals surface area contributed by atoms with Crippen LogP contribution in [0, 0.1) is 6.92 Å². The van der Waals surface area contributed by atoms with Crippen LogP contribution in [-0.4, -0.2) is 18.0 Å². The van der Waals surface area contributed by atoms with Crippen molar-refractivity contribution in [2.24, 2.45) is 0 Å². The summed E-state index contributed by atoms with van der Waals surface area (Å²) in [4.78, 5) is 18.2. The highest BCUT2D eigenvalue weighted by molar-refractivity contribution is 7.16. The van der Waals surface area contributed by atoms with Crippen molar-refractivity contribution < 1.29 is 9.53 Å². The molecule has 0 saturated heterocycles. The average molecular weight is 401 g/mol. The monoisotopic (exact) mass is 400 g/mol. The molecule has 4 aromatic rings. The number of aryl methyl sites for hydroxylation is 1. The topological polar surface area (TPSA) is 51.2 Å². The fourth-order valence-electron chi connectivity index (χ4n) is 3.10. The quantitative estimate of drug-likeness (QED) is 0.444. The molecule has 0 fully saturated rings. The van der Waals surface area contributed by atoms with E-state index >= 15 is 0 Å². The summed E-state index contributed by atoms with van der Waals surface area (Å²) in [6.07, 6.45) is 0. The van der Waals surface area contributed by atoms with Crippen molar-refractivity contribution in [3.8, 4) is 28.1 Å². The Bertz CT molecular complexity index is 1140. The summed E-state index contributed by atoms with van der Waals surface area (Å²) >= 11 is 1.47. The van der Waals surface area contributed by atoms with Crippen LogP contribution >= 0.6 is 11.3 Å². The lowest BCUT2D eigenvalue weighted by Gasteiger charge is -2.04. The minimum atomic E-state index is -0.205. The first-order valence-corrected chi connectivity index (χ1v) is 10.0. The summed E-state index contributed by atoms with van der Waals surface area (Å²) in [5, 5.41) is 3.47. The number of hydrogen-bond acceptors (Lipinski definition) is 4. The third-order valence-electron chi connectivity index (χ3n) is 4.61. The van der Waals surface area contributed by atoms with Crippen LogP contribution in [0.1, 0.15) is 15.2 Å². The molecular weight excluding hydrogens is 380 g/mol. The lowest BCUT2D eigenvalue weighted by atomic mass is 10.0. The number of anilines is 1. The summed E-state index contributed by atoms with van der Waals surface area (Å²) in [6, 6.07) is 25.6. The molecule has 0 aliphatic rings. The third kappa shape index (κ3) is 4.20. The molecule has 0 aliphatic heterocycles.